The summed E-state index contributed by atoms with van der Waals surface area (Å²) in [4.78, 5) is 0. The number of nitrogens with two attached hydrogens (primary N) is 1. The Morgan fingerprint density at radius 3 is 2.73 bits per heavy atom. The summed E-state index contributed by atoms with van der Waals surface area (Å²) < 4.78 is 12.6. The molecule has 0 saturated heterocycles. The third-order valence-electron chi connectivity index (χ3n) is 1.31. The van der Waals surface area contributed by atoms with Crippen LogP contribution in [0.1, 0.15) is 5.56 Å². The van der Waals surface area contributed by atoms with Crippen LogP contribution in [0.4, 0.5) is 10.1 Å². The van der Waals surface area contributed by atoms with Gasteiger partial charge in [-0.25, -0.2) is 4.39 Å². The molecule has 0 atom stereocenters. The first-order chi connectivity index (χ1) is 5.26. The van der Waals surface area contributed by atoms with Crippen LogP contribution in [0.3, 0.4) is 0 Å². The zero-order chi connectivity index (χ0) is 8.27. The van der Waals surface area contributed by atoms with Crippen molar-refractivity contribution >= 4 is 5.69 Å². The number of benzene rings is 1. The van der Waals surface area contributed by atoms with E-state index < -0.39 is 5.82 Å². The molecule has 1 aromatic rings. The summed E-state index contributed by atoms with van der Waals surface area (Å²) in [5, 5.41) is 8.65. The number of hydrazine groups is 1. The summed E-state index contributed by atoms with van der Waals surface area (Å²) in [6.07, 6.45) is 0. The van der Waals surface area contributed by atoms with Crippen molar-refractivity contribution in [1.29, 1.82) is 0 Å². The summed E-state index contributed by atoms with van der Waals surface area (Å²) in [6.45, 7) is -0.188. The lowest BCUT2D eigenvalue weighted by atomic mass is 10.2. The Morgan fingerprint density at radius 1 is 1.45 bits per heavy atom. The van der Waals surface area contributed by atoms with Crippen LogP contribution < -0.4 is 11.3 Å². The van der Waals surface area contributed by atoms with Crippen LogP contribution in [0, 0.1) is 5.82 Å². The van der Waals surface area contributed by atoms with Crippen molar-refractivity contribution in [3.63, 3.8) is 0 Å². The fourth-order valence-electron chi connectivity index (χ4n) is 0.825. The molecular formula is C7H9FN2O. The number of aliphatic hydroxyl groups is 1. The normalized spacial score (nSPS) is 9.73. The van der Waals surface area contributed by atoms with E-state index in [4.69, 9.17) is 10.9 Å². The molecule has 0 aliphatic rings. The van der Waals surface area contributed by atoms with Gasteiger partial charge in [-0.2, -0.15) is 0 Å². The number of hydrogen-bond acceptors (Lipinski definition) is 3. The Hall–Kier alpha value is -1.13. The van der Waals surface area contributed by atoms with Crippen molar-refractivity contribution in [2.75, 3.05) is 5.43 Å². The maximum absolute atomic E-state index is 12.6. The highest BCUT2D eigenvalue weighted by Crippen LogP contribution is 2.12. The highest BCUT2D eigenvalue weighted by Gasteiger charge is 1.97. The van der Waals surface area contributed by atoms with Gasteiger partial charge in [-0.3, -0.25) is 5.84 Å². The van der Waals surface area contributed by atoms with E-state index in [9.17, 15) is 4.39 Å². The summed E-state index contributed by atoms with van der Waals surface area (Å²) in [6, 6.07) is 4.07. The number of hydrogen-bond donors (Lipinski definition) is 3. The van der Waals surface area contributed by atoms with Gasteiger partial charge < -0.3 is 10.5 Å². The molecule has 4 heteroatoms. The second kappa shape index (κ2) is 3.32. The van der Waals surface area contributed by atoms with E-state index in [0.717, 1.165) is 0 Å². The SMILES string of the molecule is NNc1cc(F)cc(CO)c1. The quantitative estimate of drug-likeness (QED) is 0.434. The minimum Gasteiger partial charge on any atom is -0.392 e. The number of halogens is 1. The Labute approximate surface area is 63.6 Å². The summed E-state index contributed by atoms with van der Waals surface area (Å²) in [5.41, 5.74) is 3.24. The second-order valence-corrected chi connectivity index (χ2v) is 2.15. The molecule has 0 aliphatic carbocycles. The molecule has 0 fully saturated rings. The minimum absolute atomic E-state index is 0.188. The minimum atomic E-state index is -0.412. The van der Waals surface area contributed by atoms with Gasteiger partial charge in [0, 0.05) is 0 Å². The highest BCUT2D eigenvalue weighted by molar-refractivity contribution is 5.44. The van der Waals surface area contributed by atoms with Crippen LogP contribution in [0.2, 0.25) is 0 Å². The van der Waals surface area contributed by atoms with Crippen LogP contribution in [-0.4, -0.2) is 5.11 Å². The van der Waals surface area contributed by atoms with Crippen molar-refractivity contribution < 1.29 is 9.50 Å². The number of nitrogens with one attached hydrogen (secondary N) is 1. The van der Waals surface area contributed by atoms with Gasteiger partial charge in [-0.05, 0) is 23.8 Å². The number of aliphatic hydroxyl groups excluding tert-OH is 1. The molecule has 0 saturated carbocycles. The van der Waals surface area contributed by atoms with Gasteiger partial charge in [0.2, 0.25) is 0 Å². The predicted octanol–water partition coefficient (Wildman–Crippen LogP) is 0.604. The van der Waals surface area contributed by atoms with E-state index in [1.54, 1.807) is 6.07 Å². The van der Waals surface area contributed by atoms with Crippen LogP contribution in [0.25, 0.3) is 0 Å². The van der Waals surface area contributed by atoms with Crippen LogP contribution in [-0.2, 0) is 6.61 Å². The van der Waals surface area contributed by atoms with Gasteiger partial charge in [-0.1, -0.05) is 0 Å². The van der Waals surface area contributed by atoms with E-state index in [1.807, 2.05) is 0 Å². The lowest BCUT2D eigenvalue weighted by molar-refractivity contribution is 0.281. The fourth-order valence-corrected chi connectivity index (χ4v) is 0.825. The summed E-state index contributed by atoms with van der Waals surface area (Å²) in [5.74, 6) is 4.63. The van der Waals surface area contributed by atoms with Crippen molar-refractivity contribution in [2.24, 2.45) is 5.84 Å². The first-order valence-corrected chi connectivity index (χ1v) is 3.13. The van der Waals surface area contributed by atoms with Crippen molar-refractivity contribution in [2.45, 2.75) is 6.61 Å². The van der Waals surface area contributed by atoms with Crippen molar-refractivity contribution in [3.05, 3.63) is 29.6 Å². The molecule has 1 aromatic carbocycles. The lowest BCUT2D eigenvalue weighted by Crippen LogP contribution is -2.07. The topological polar surface area (TPSA) is 58.3 Å². The molecule has 4 N–H and O–H groups in total. The molecule has 0 amide bonds. The van der Waals surface area contributed by atoms with E-state index in [0.29, 0.717) is 11.3 Å². The van der Waals surface area contributed by atoms with Crippen molar-refractivity contribution in [1.82, 2.24) is 0 Å². The van der Waals surface area contributed by atoms with Gasteiger partial charge >= 0.3 is 0 Å². The molecule has 11 heavy (non-hydrogen) atoms. The lowest BCUT2D eigenvalue weighted by Gasteiger charge is -2.01. The standard InChI is InChI=1S/C7H9FN2O/c8-6-1-5(4-11)2-7(3-6)10-9/h1-3,10-11H,4,9H2. The second-order valence-electron chi connectivity index (χ2n) is 2.15. The molecule has 0 heterocycles. The summed E-state index contributed by atoms with van der Waals surface area (Å²) in [7, 11) is 0. The molecule has 0 bridgehead atoms. The smallest absolute Gasteiger partial charge is 0.125 e. The fraction of sp³-hybridized carbons (Fsp3) is 0.143. The van der Waals surface area contributed by atoms with Crippen LogP contribution >= 0.6 is 0 Å². The average molecular weight is 156 g/mol. The maximum atomic E-state index is 12.6. The molecule has 0 aliphatic heterocycles. The molecule has 0 unspecified atom stereocenters. The monoisotopic (exact) mass is 156 g/mol. The van der Waals surface area contributed by atoms with Gasteiger partial charge in [0.05, 0.1) is 12.3 Å². The largest absolute Gasteiger partial charge is 0.392 e. The van der Waals surface area contributed by atoms with E-state index in [1.165, 1.54) is 12.1 Å². The first kappa shape index (κ1) is 7.97. The van der Waals surface area contributed by atoms with E-state index in [2.05, 4.69) is 5.43 Å². The molecule has 60 valence electrons. The number of anilines is 1. The zero-order valence-electron chi connectivity index (χ0n) is 5.84. The first-order valence-electron chi connectivity index (χ1n) is 3.13. The van der Waals surface area contributed by atoms with Crippen molar-refractivity contribution in [3.8, 4) is 0 Å². The van der Waals surface area contributed by atoms with Crippen LogP contribution in [0.5, 0.6) is 0 Å². The predicted molar refractivity (Wildman–Crippen MR) is 40.1 cm³/mol. The molecule has 0 radical (unpaired) electrons. The Morgan fingerprint density at radius 2 is 2.18 bits per heavy atom. The van der Waals surface area contributed by atoms with Gasteiger partial charge in [0.25, 0.3) is 0 Å². The zero-order valence-corrected chi connectivity index (χ0v) is 5.84. The molecule has 3 nitrogen and oxygen atoms in total. The Balaban J connectivity index is 3.02. The van der Waals surface area contributed by atoms with Gasteiger partial charge in [0.15, 0.2) is 0 Å². The number of nitrogen functional groups attached to an aromatic ring is 1. The molecule has 1 rings (SSSR count). The third kappa shape index (κ3) is 1.89. The molecule has 0 spiro atoms. The average Bonchev–Trinajstić information content (AvgIpc) is 2.03. The van der Waals surface area contributed by atoms with Gasteiger partial charge in [-0.15, -0.1) is 0 Å². The summed E-state index contributed by atoms with van der Waals surface area (Å²) >= 11 is 0. The van der Waals surface area contributed by atoms with Crippen LogP contribution in [0.15, 0.2) is 18.2 Å². The third-order valence-corrected chi connectivity index (χ3v) is 1.31. The molecule has 0 aromatic heterocycles. The van der Waals surface area contributed by atoms with Gasteiger partial charge in [0.1, 0.15) is 5.82 Å². The maximum Gasteiger partial charge on any atom is 0.125 e. The Kier molecular flexibility index (Phi) is 2.40. The Bertz CT molecular complexity index is 230. The highest BCUT2D eigenvalue weighted by atomic mass is 19.1. The van der Waals surface area contributed by atoms with E-state index >= 15 is 0 Å². The molecular weight excluding hydrogens is 147 g/mol. The number of rotatable bonds is 2. The van der Waals surface area contributed by atoms with E-state index in [-0.39, 0.29) is 6.61 Å².